The molecule has 3 heterocycles. The first-order valence-electron chi connectivity index (χ1n) is 13.8. The highest BCUT2D eigenvalue weighted by Gasteiger charge is 2.32. The van der Waals surface area contributed by atoms with E-state index in [1.807, 2.05) is 59.5 Å². The quantitative estimate of drug-likeness (QED) is 0.427. The first-order chi connectivity index (χ1) is 19.6. The van der Waals surface area contributed by atoms with Gasteiger partial charge in [0.25, 0.3) is 0 Å². The first-order valence-corrected chi connectivity index (χ1v) is 13.8. The Morgan fingerprint density at radius 1 is 0.975 bits per heavy atom. The molecule has 1 saturated carbocycles. The Hall–Kier alpha value is -4.34. The average Bonchev–Trinajstić information content (AvgIpc) is 3.44. The van der Waals surface area contributed by atoms with E-state index in [9.17, 15) is 9.59 Å². The Kier molecular flexibility index (Phi) is 7.39. The molecule has 0 atom stereocenters. The van der Waals surface area contributed by atoms with Crippen molar-refractivity contribution in [3.63, 3.8) is 0 Å². The van der Waals surface area contributed by atoms with Gasteiger partial charge in [-0.2, -0.15) is 0 Å². The van der Waals surface area contributed by atoms with E-state index >= 15 is 0 Å². The smallest absolute Gasteiger partial charge is 0.242 e. The van der Waals surface area contributed by atoms with Gasteiger partial charge in [0, 0.05) is 44.2 Å². The zero-order chi connectivity index (χ0) is 27.5. The fourth-order valence-electron chi connectivity index (χ4n) is 5.26. The Morgan fingerprint density at radius 2 is 1.80 bits per heavy atom. The lowest BCUT2D eigenvalue weighted by Crippen LogP contribution is -2.52. The average molecular weight is 544 g/mol. The Balaban J connectivity index is 1.07. The van der Waals surface area contributed by atoms with Crippen LogP contribution in [0.1, 0.15) is 24.8 Å². The molecule has 0 radical (unpaired) electrons. The molecule has 1 aromatic heterocycles. The van der Waals surface area contributed by atoms with Crippen LogP contribution in [0.4, 0.5) is 5.82 Å². The number of fused-ring (bicyclic) bond motifs is 1. The van der Waals surface area contributed by atoms with Crippen LogP contribution in [-0.4, -0.2) is 78.4 Å². The minimum atomic E-state index is -0.0347. The number of hydrogen-bond acceptors (Lipinski definition) is 8. The van der Waals surface area contributed by atoms with E-state index in [1.165, 1.54) is 0 Å². The van der Waals surface area contributed by atoms with Crippen molar-refractivity contribution in [3.8, 4) is 28.5 Å². The molecular formula is C30H33N5O5. The van der Waals surface area contributed by atoms with Gasteiger partial charge in [-0.1, -0.05) is 24.6 Å². The summed E-state index contributed by atoms with van der Waals surface area (Å²) < 4.78 is 16.2. The van der Waals surface area contributed by atoms with E-state index in [4.69, 9.17) is 14.2 Å². The maximum Gasteiger partial charge on any atom is 0.242 e. The van der Waals surface area contributed by atoms with Crippen LogP contribution in [0.2, 0.25) is 0 Å². The molecule has 2 amide bonds. The number of carbonyl (C=O) groups is 2. The van der Waals surface area contributed by atoms with Crippen LogP contribution in [0, 0.1) is 5.92 Å². The van der Waals surface area contributed by atoms with Gasteiger partial charge in [-0.25, -0.2) is 0 Å². The molecule has 6 rings (SSSR count). The summed E-state index contributed by atoms with van der Waals surface area (Å²) in [5.74, 6) is 2.97. The molecule has 10 heteroatoms. The molecule has 10 nitrogen and oxygen atoms in total. The van der Waals surface area contributed by atoms with Crippen LogP contribution < -0.4 is 19.1 Å². The fraction of sp³-hybridized carbons (Fsp3) is 0.400. The van der Waals surface area contributed by atoms with Crippen molar-refractivity contribution < 1.29 is 23.8 Å². The number of piperazine rings is 1. The minimum Gasteiger partial charge on any atom is -0.497 e. The highest BCUT2D eigenvalue weighted by molar-refractivity contribution is 5.86. The minimum absolute atomic E-state index is 0.0113. The van der Waals surface area contributed by atoms with Gasteiger partial charge in [0.1, 0.15) is 12.3 Å². The van der Waals surface area contributed by atoms with Gasteiger partial charge < -0.3 is 28.9 Å². The summed E-state index contributed by atoms with van der Waals surface area (Å²) in [5, 5.41) is 8.86. The molecule has 0 unspecified atom stereocenters. The summed E-state index contributed by atoms with van der Waals surface area (Å²) in [6, 6.07) is 17.3. The molecule has 2 aromatic carbocycles. The summed E-state index contributed by atoms with van der Waals surface area (Å²) in [5.41, 5.74) is 2.64. The molecule has 0 N–H and O–H groups in total. The molecule has 3 aliphatic rings. The van der Waals surface area contributed by atoms with Crippen molar-refractivity contribution in [1.29, 1.82) is 0 Å². The molecular weight excluding hydrogens is 510 g/mol. The van der Waals surface area contributed by atoms with Crippen LogP contribution >= 0.6 is 0 Å². The summed E-state index contributed by atoms with van der Waals surface area (Å²) >= 11 is 0. The second kappa shape index (κ2) is 11.4. The lowest BCUT2D eigenvalue weighted by atomic mass is 9.84. The van der Waals surface area contributed by atoms with Gasteiger partial charge in [-0.05, 0) is 54.8 Å². The highest BCUT2D eigenvalue weighted by atomic mass is 16.7. The van der Waals surface area contributed by atoms with Gasteiger partial charge in [0.15, 0.2) is 17.3 Å². The van der Waals surface area contributed by atoms with Crippen molar-refractivity contribution in [1.82, 2.24) is 20.0 Å². The zero-order valence-corrected chi connectivity index (χ0v) is 22.6. The van der Waals surface area contributed by atoms with E-state index in [0.717, 1.165) is 47.7 Å². The van der Waals surface area contributed by atoms with Gasteiger partial charge in [0.05, 0.1) is 12.8 Å². The van der Waals surface area contributed by atoms with Gasteiger partial charge >= 0.3 is 0 Å². The Bertz CT molecular complexity index is 1370. The molecule has 0 spiro atoms. The number of aromatic nitrogens is 2. The number of rotatable bonds is 8. The summed E-state index contributed by atoms with van der Waals surface area (Å²) in [6.07, 6.45) is 2.84. The van der Waals surface area contributed by atoms with E-state index in [-0.39, 0.29) is 31.1 Å². The monoisotopic (exact) mass is 543 g/mol. The van der Waals surface area contributed by atoms with Crippen LogP contribution in [0.15, 0.2) is 54.6 Å². The number of hydrogen-bond donors (Lipinski definition) is 0. The third kappa shape index (κ3) is 5.52. The number of methoxy groups -OCH3 is 1. The molecule has 208 valence electrons. The summed E-state index contributed by atoms with van der Waals surface area (Å²) in [4.78, 5) is 32.3. The third-order valence-corrected chi connectivity index (χ3v) is 7.87. The first kappa shape index (κ1) is 25.9. The molecule has 1 saturated heterocycles. The number of nitrogens with zero attached hydrogens (tertiary/aromatic N) is 5. The number of carbonyl (C=O) groups excluding carboxylic acids is 2. The second-order valence-corrected chi connectivity index (χ2v) is 10.4. The molecule has 1 aliphatic carbocycles. The zero-order valence-electron chi connectivity index (χ0n) is 22.6. The molecule has 3 aromatic rings. The SMILES string of the molecule is COc1cccc(-c2ccc(N3CCN(C(=O)CN(Cc4ccc5c(c4)OCO5)C(=O)C4CCC4)CC3)nn2)c1. The normalized spacial score (nSPS) is 16.4. The van der Waals surface area contributed by atoms with E-state index in [0.29, 0.717) is 44.2 Å². The van der Waals surface area contributed by atoms with Gasteiger partial charge in [-0.3, -0.25) is 9.59 Å². The topological polar surface area (TPSA) is 97.3 Å². The van der Waals surface area contributed by atoms with Crippen molar-refractivity contribution in [2.75, 3.05) is 51.5 Å². The van der Waals surface area contributed by atoms with Crippen molar-refractivity contribution >= 4 is 17.6 Å². The van der Waals surface area contributed by atoms with E-state index in [2.05, 4.69) is 15.1 Å². The number of amides is 2. The van der Waals surface area contributed by atoms with E-state index < -0.39 is 0 Å². The van der Waals surface area contributed by atoms with Crippen molar-refractivity contribution in [2.45, 2.75) is 25.8 Å². The van der Waals surface area contributed by atoms with Crippen LogP contribution in [0.3, 0.4) is 0 Å². The predicted octanol–water partition coefficient (Wildman–Crippen LogP) is 3.36. The number of ether oxygens (including phenoxy) is 3. The van der Waals surface area contributed by atoms with Crippen molar-refractivity contribution in [3.05, 3.63) is 60.2 Å². The largest absolute Gasteiger partial charge is 0.497 e. The lowest BCUT2D eigenvalue weighted by molar-refractivity contribution is -0.145. The predicted molar refractivity (Wildman–Crippen MR) is 148 cm³/mol. The third-order valence-electron chi connectivity index (χ3n) is 7.87. The van der Waals surface area contributed by atoms with Gasteiger partial charge in [0.2, 0.25) is 18.6 Å². The van der Waals surface area contributed by atoms with Gasteiger partial charge in [-0.15, -0.1) is 10.2 Å². The summed E-state index contributed by atoms with van der Waals surface area (Å²) in [6.45, 7) is 3.06. The number of anilines is 1. The molecule has 2 aliphatic heterocycles. The fourth-order valence-corrected chi connectivity index (χ4v) is 5.26. The summed E-state index contributed by atoms with van der Waals surface area (Å²) in [7, 11) is 1.64. The molecule has 40 heavy (non-hydrogen) atoms. The van der Waals surface area contributed by atoms with Crippen LogP contribution in [0.5, 0.6) is 17.2 Å². The molecule has 0 bridgehead atoms. The van der Waals surface area contributed by atoms with Crippen LogP contribution in [-0.2, 0) is 16.1 Å². The van der Waals surface area contributed by atoms with Crippen LogP contribution in [0.25, 0.3) is 11.3 Å². The Morgan fingerprint density at radius 3 is 2.52 bits per heavy atom. The maximum atomic E-state index is 13.3. The number of benzene rings is 2. The lowest BCUT2D eigenvalue weighted by Gasteiger charge is -2.37. The second-order valence-electron chi connectivity index (χ2n) is 10.4. The standard InChI is InChI=1S/C30H33N5O5/c1-38-24-7-3-6-23(17-24)25-9-11-28(32-31-25)33-12-14-34(15-13-33)29(36)19-35(30(37)22-4-2-5-22)18-21-8-10-26-27(16-21)40-20-39-26/h3,6-11,16-17,22H,2,4-5,12-15,18-20H2,1H3. The maximum absolute atomic E-state index is 13.3. The van der Waals surface area contributed by atoms with Crippen molar-refractivity contribution in [2.24, 2.45) is 5.92 Å². The highest BCUT2D eigenvalue weighted by Crippen LogP contribution is 2.34. The van der Waals surface area contributed by atoms with E-state index in [1.54, 1.807) is 12.0 Å². The Labute approximate surface area is 233 Å². The molecule has 2 fully saturated rings.